The Morgan fingerprint density at radius 3 is 2.59 bits per heavy atom. The van der Waals surface area contributed by atoms with Crippen molar-refractivity contribution in [2.45, 2.75) is 51.9 Å². The van der Waals surface area contributed by atoms with E-state index in [1.165, 1.54) is 11.1 Å². The first kappa shape index (κ1) is 27.3. The molecule has 3 aromatic carbocycles. The number of rotatable bonds is 10. The van der Waals surface area contributed by atoms with Gasteiger partial charge >= 0.3 is 0 Å². The molecule has 2 aliphatic rings. The smallest absolute Gasteiger partial charge is 0.237 e. The molecule has 39 heavy (non-hydrogen) atoms. The van der Waals surface area contributed by atoms with E-state index in [-0.39, 0.29) is 24.8 Å². The van der Waals surface area contributed by atoms with Crippen LogP contribution < -0.4 is 24.8 Å². The molecule has 3 aromatic rings. The first-order valence-corrected chi connectivity index (χ1v) is 13.8. The maximum absolute atomic E-state index is 13.4. The Labute approximate surface area is 235 Å². The van der Waals surface area contributed by atoms with Crippen molar-refractivity contribution in [1.82, 2.24) is 15.5 Å². The Morgan fingerprint density at radius 1 is 1.03 bits per heavy atom. The van der Waals surface area contributed by atoms with E-state index in [4.69, 9.17) is 25.8 Å². The van der Waals surface area contributed by atoms with Gasteiger partial charge in [-0.2, -0.15) is 0 Å². The van der Waals surface area contributed by atoms with Crippen molar-refractivity contribution >= 4 is 17.5 Å². The Bertz CT molecular complexity index is 1310. The molecule has 2 aliphatic heterocycles. The average molecular weight is 550 g/mol. The number of carbonyl (C=O) groups is 1. The lowest BCUT2D eigenvalue weighted by molar-refractivity contribution is -0.125. The molecule has 0 spiro atoms. The summed E-state index contributed by atoms with van der Waals surface area (Å²) in [5.74, 6) is 2.50. The molecule has 0 saturated carbocycles. The van der Waals surface area contributed by atoms with Gasteiger partial charge in [0.15, 0.2) is 11.5 Å². The van der Waals surface area contributed by atoms with Crippen LogP contribution in [-0.2, 0) is 24.3 Å². The summed E-state index contributed by atoms with van der Waals surface area (Å²) in [5.41, 5.74) is 5.88. The highest BCUT2D eigenvalue weighted by Gasteiger charge is 2.36. The van der Waals surface area contributed by atoms with E-state index < -0.39 is 0 Å². The Balaban J connectivity index is 1.22. The van der Waals surface area contributed by atoms with Gasteiger partial charge in [0.05, 0.1) is 13.2 Å². The standard InChI is InChI=1S/C31H36ClN3O4/c1-20-21(2)28(37-3)11-7-24(20)16-34-26-15-27(35(18-26)17-23-4-8-25(32)9-5-23)31(36)33-13-12-22-6-10-29-30(14-22)39-19-38-29/h4-11,14,26-27,34H,12-13,15-19H2,1-3H3,(H,33,36)/t26-,27-/m0/s1. The summed E-state index contributed by atoms with van der Waals surface area (Å²) in [6, 6.07) is 17.9. The number of hydrogen-bond donors (Lipinski definition) is 2. The van der Waals surface area contributed by atoms with Gasteiger partial charge in [0.2, 0.25) is 12.7 Å². The van der Waals surface area contributed by atoms with Gasteiger partial charge in [-0.05, 0) is 84.8 Å². The molecule has 0 aliphatic carbocycles. The summed E-state index contributed by atoms with van der Waals surface area (Å²) in [6.07, 6.45) is 1.47. The highest BCUT2D eigenvalue weighted by Crippen LogP contribution is 2.32. The third kappa shape index (κ3) is 6.49. The van der Waals surface area contributed by atoms with Gasteiger partial charge in [-0.15, -0.1) is 0 Å². The Hall–Kier alpha value is -3.26. The fourth-order valence-electron chi connectivity index (χ4n) is 5.39. The zero-order valence-corrected chi connectivity index (χ0v) is 23.5. The zero-order chi connectivity index (χ0) is 27.4. The maximum Gasteiger partial charge on any atom is 0.237 e. The van der Waals surface area contributed by atoms with Crippen molar-refractivity contribution in [1.29, 1.82) is 0 Å². The van der Waals surface area contributed by atoms with Crippen LogP contribution in [0.5, 0.6) is 17.2 Å². The minimum absolute atomic E-state index is 0.0606. The molecule has 1 amide bonds. The predicted octanol–water partition coefficient (Wildman–Crippen LogP) is 4.79. The van der Waals surface area contributed by atoms with Crippen molar-refractivity contribution in [3.05, 3.63) is 87.4 Å². The Kier molecular flexibility index (Phi) is 8.60. The largest absolute Gasteiger partial charge is 0.496 e. The monoisotopic (exact) mass is 549 g/mol. The number of likely N-dealkylation sites (tertiary alicyclic amines) is 1. The van der Waals surface area contributed by atoms with E-state index in [9.17, 15) is 4.79 Å². The first-order chi connectivity index (χ1) is 18.9. The molecule has 2 atom stereocenters. The van der Waals surface area contributed by atoms with Crippen molar-refractivity contribution in [2.24, 2.45) is 0 Å². The van der Waals surface area contributed by atoms with Gasteiger partial charge in [0.1, 0.15) is 5.75 Å². The number of benzene rings is 3. The SMILES string of the molecule is COc1ccc(CN[C@H]2C[C@@H](C(=O)NCCc3ccc4c(c3)OCO4)N(Cc3ccc(Cl)cc3)C2)c(C)c1C. The average Bonchev–Trinajstić information content (AvgIpc) is 3.57. The fourth-order valence-corrected chi connectivity index (χ4v) is 5.51. The van der Waals surface area contributed by atoms with Crippen LogP contribution in [0.2, 0.25) is 5.02 Å². The van der Waals surface area contributed by atoms with Crippen LogP contribution in [0, 0.1) is 13.8 Å². The molecular weight excluding hydrogens is 514 g/mol. The number of methoxy groups -OCH3 is 1. The molecule has 0 unspecified atom stereocenters. The molecule has 206 valence electrons. The van der Waals surface area contributed by atoms with Crippen molar-refractivity contribution in [3.63, 3.8) is 0 Å². The maximum atomic E-state index is 13.4. The number of carbonyl (C=O) groups excluding carboxylic acids is 1. The number of nitrogens with one attached hydrogen (secondary N) is 2. The van der Waals surface area contributed by atoms with Gasteiger partial charge in [0, 0.05) is 37.2 Å². The summed E-state index contributed by atoms with van der Waals surface area (Å²) in [5, 5.41) is 7.59. The van der Waals surface area contributed by atoms with Gasteiger partial charge in [-0.25, -0.2) is 0 Å². The number of halogens is 1. The van der Waals surface area contributed by atoms with Crippen molar-refractivity contribution < 1.29 is 19.0 Å². The summed E-state index contributed by atoms with van der Waals surface area (Å²) >= 11 is 6.10. The third-order valence-corrected chi connectivity index (χ3v) is 8.06. The van der Waals surface area contributed by atoms with Crippen LogP contribution >= 0.6 is 11.6 Å². The lowest BCUT2D eigenvalue weighted by Crippen LogP contribution is -2.43. The van der Waals surface area contributed by atoms with E-state index in [2.05, 4.69) is 35.4 Å². The molecule has 2 N–H and O–H groups in total. The highest BCUT2D eigenvalue weighted by atomic mass is 35.5. The lowest BCUT2D eigenvalue weighted by Gasteiger charge is -2.23. The van der Waals surface area contributed by atoms with E-state index in [0.29, 0.717) is 18.1 Å². The van der Waals surface area contributed by atoms with Gasteiger partial charge in [-0.3, -0.25) is 9.69 Å². The molecule has 0 aromatic heterocycles. The van der Waals surface area contributed by atoms with E-state index >= 15 is 0 Å². The first-order valence-electron chi connectivity index (χ1n) is 13.4. The van der Waals surface area contributed by atoms with Gasteiger partial charge < -0.3 is 24.8 Å². The van der Waals surface area contributed by atoms with Gasteiger partial charge in [-0.1, -0.05) is 35.9 Å². The lowest BCUT2D eigenvalue weighted by atomic mass is 10.0. The van der Waals surface area contributed by atoms with Crippen LogP contribution in [-0.4, -0.2) is 49.9 Å². The minimum Gasteiger partial charge on any atom is -0.496 e. The summed E-state index contributed by atoms with van der Waals surface area (Å²) in [4.78, 5) is 15.7. The Morgan fingerprint density at radius 2 is 1.79 bits per heavy atom. The zero-order valence-electron chi connectivity index (χ0n) is 22.8. The molecule has 7 nitrogen and oxygen atoms in total. The summed E-state index contributed by atoms with van der Waals surface area (Å²) in [6.45, 7) is 7.26. The number of nitrogens with zero attached hydrogens (tertiary/aromatic N) is 1. The fraction of sp³-hybridized carbons (Fsp3) is 0.387. The van der Waals surface area contributed by atoms with Crippen LogP contribution in [0.4, 0.5) is 0 Å². The second-order valence-electron chi connectivity index (χ2n) is 10.3. The number of fused-ring (bicyclic) bond motifs is 1. The molecule has 0 radical (unpaired) electrons. The predicted molar refractivity (Wildman–Crippen MR) is 153 cm³/mol. The van der Waals surface area contributed by atoms with Crippen molar-refractivity contribution in [2.75, 3.05) is 27.0 Å². The van der Waals surface area contributed by atoms with E-state index in [0.717, 1.165) is 59.9 Å². The van der Waals surface area contributed by atoms with Crippen LogP contribution in [0.1, 0.15) is 34.2 Å². The second kappa shape index (κ2) is 12.3. The molecule has 2 heterocycles. The number of ether oxygens (including phenoxy) is 3. The second-order valence-corrected chi connectivity index (χ2v) is 10.7. The van der Waals surface area contributed by atoms with E-state index in [1.54, 1.807) is 7.11 Å². The minimum atomic E-state index is -0.214. The van der Waals surface area contributed by atoms with Gasteiger partial charge in [0.25, 0.3) is 0 Å². The molecule has 1 fully saturated rings. The molecule has 1 saturated heterocycles. The molecule has 0 bridgehead atoms. The van der Waals surface area contributed by atoms with Crippen molar-refractivity contribution in [3.8, 4) is 17.2 Å². The quantitative estimate of drug-likeness (QED) is 0.379. The third-order valence-electron chi connectivity index (χ3n) is 7.81. The normalized spacial score (nSPS) is 18.4. The number of amides is 1. The van der Waals surface area contributed by atoms with E-state index in [1.807, 2.05) is 48.5 Å². The van der Waals surface area contributed by atoms with Crippen LogP contribution in [0.3, 0.4) is 0 Å². The molecule has 5 rings (SSSR count). The van der Waals surface area contributed by atoms with Crippen LogP contribution in [0.15, 0.2) is 54.6 Å². The summed E-state index contributed by atoms with van der Waals surface area (Å²) in [7, 11) is 1.70. The number of hydrogen-bond acceptors (Lipinski definition) is 6. The topological polar surface area (TPSA) is 72.1 Å². The highest BCUT2D eigenvalue weighted by molar-refractivity contribution is 6.30. The molecular formula is C31H36ClN3O4. The van der Waals surface area contributed by atoms with Crippen LogP contribution in [0.25, 0.3) is 0 Å². The summed E-state index contributed by atoms with van der Waals surface area (Å²) < 4.78 is 16.3. The molecule has 8 heteroatoms.